The summed E-state index contributed by atoms with van der Waals surface area (Å²) in [6.07, 6.45) is 2.89. The van der Waals surface area contributed by atoms with Gasteiger partial charge in [0.05, 0.1) is 16.7 Å². The van der Waals surface area contributed by atoms with Crippen LogP contribution in [0.5, 0.6) is 0 Å². The number of rotatable bonds is 3. The molecule has 0 unspecified atom stereocenters. The van der Waals surface area contributed by atoms with Crippen LogP contribution in [0.4, 0.5) is 15.8 Å². The molecule has 6 heteroatoms. The normalized spacial score (nSPS) is 17.5. The monoisotopic (exact) mass is 344 g/mol. The number of hydrogen-bond acceptors (Lipinski definition) is 3. The molecule has 1 saturated heterocycles. The van der Waals surface area contributed by atoms with E-state index in [-0.39, 0.29) is 5.02 Å². The van der Waals surface area contributed by atoms with E-state index in [1.54, 1.807) is 12.1 Å². The van der Waals surface area contributed by atoms with Gasteiger partial charge in [0.2, 0.25) is 0 Å². The van der Waals surface area contributed by atoms with E-state index in [2.05, 4.69) is 33.5 Å². The van der Waals surface area contributed by atoms with Gasteiger partial charge in [0.25, 0.3) is 0 Å². The van der Waals surface area contributed by atoms with E-state index >= 15 is 0 Å². The van der Waals surface area contributed by atoms with Crippen molar-refractivity contribution in [2.45, 2.75) is 12.5 Å². The summed E-state index contributed by atoms with van der Waals surface area (Å²) >= 11 is 6.02. The maximum atomic E-state index is 13.6. The molecule has 0 bridgehead atoms. The van der Waals surface area contributed by atoms with Gasteiger partial charge in [0.1, 0.15) is 5.82 Å². The number of fused-ring (bicyclic) bond motifs is 1. The highest BCUT2D eigenvalue weighted by Crippen LogP contribution is 2.34. The second-order valence-corrected chi connectivity index (χ2v) is 6.53. The fourth-order valence-electron chi connectivity index (χ4n) is 3.37. The lowest BCUT2D eigenvalue weighted by Crippen LogP contribution is -2.32. The standard InChI is InChI=1S/C18H18ClFN4/c1-23-18-5-3-13(8-12(18)10-22-23)24(15-6-7-21-11-15)14-2-4-17(20)16(19)9-14/h2-5,8-10,15,21H,6-7,11H2,1H3/t15-/m0/s1. The zero-order valence-corrected chi connectivity index (χ0v) is 14.1. The summed E-state index contributed by atoms with van der Waals surface area (Å²) in [5.41, 5.74) is 3.05. The molecule has 0 saturated carbocycles. The first-order valence-electron chi connectivity index (χ1n) is 8.00. The smallest absolute Gasteiger partial charge is 0.141 e. The Kier molecular flexibility index (Phi) is 3.90. The Hall–Kier alpha value is -2.11. The largest absolute Gasteiger partial charge is 0.337 e. The average molecular weight is 345 g/mol. The molecule has 124 valence electrons. The first-order valence-corrected chi connectivity index (χ1v) is 8.38. The van der Waals surface area contributed by atoms with Gasteiger partial charge in [-0.05, 0) is 49.4 Å². The van der Waals surface area contributed by atoms with Crippen LogP contribution in [0.15, 0.2) is 42.6 Å². The molecular formula is C18H18ClFN4. The highest BCUT2D eigenvalue weighted by atomic mass is 35.5. The van der Waals surface area contributed by atoms with Crippen molar-refractivity contribution in [2.24, 2.45) is 7.05 Å². The van der Waals surface area contributed by atoms with Crippen LogP contribution in [0, 0.1) is 5.82 Å². The second-order valence-electron chi connectivity index (χ2n) is 6.13. The molecule has 2 aromatic carbocycles. The Balaban J connectivity index is 1.82. The summed E-state index contributed by atoms with van der Waals surface area (Å²) in [6.45, 7) is 1.87. The molecule has 1 aromatic heterocycles. The molecule has 0 aliphatic carbocycles. The van der Waals surface area contributed by atoms with Crippen LogP contribution in [0.3, 0.4) is 0 Å². The number of benzene rings is 2. The summed E-state index contributed by atoms with van der Waals surface area (Å²) in [6, 6.07) is 11.5. The van der Waals surface area contributed by atoms with Crippen molar-refractivity contribution in [3.63, 3.8) is 0 Å². The minimum Gasteiger partial charge on any atom is -0.337 e. The Morgan fingerprint density at radius 2 is 2.04 bits per heavy atom. The van der Waals surface area contributed by atoms with Crippen molar-refractivity contribution >= 4 is 33.9 Å². The van der Waals surface area contributed by atoms with E-state index < -0.39 is 5.82 Å². The van der Waals surface area contributed by atoms with E-state index in [4.69, 9.17) is 11.6 Å². The molecule has 1 aliphatic rings. The first-order chi connectivity index (χ1) is 11.6. The number of halogens is 2. The maximum Gasteiger partial charge on any atom is 0.141 e. The summed E-state index contributed by atoms with van der Waals surface area (Å²) in [7, 11) is 1.93. The van der Waals surface area contributed by atoms with Gasteiger partial charge in [0.15, 0.2) is 0 Å². The van der Waals surface area contributed by atoms with Crippen molar-refractivity contribution in [1.82, 2.24) is 15.1 Å². The highest BCUT2D eigenvalue weighted by molar-refractivity contribution is 6.31. The Morgan fingerprint density at radius 3 is 2.79 bits per heavy atom. The fraction of sp³-hybridized carbons (Fsp3) is 0.278. The van der Waals surface area contributed by atoms with Gasteiger partial charge < -0.3 is 10.2 Å². The van der Waals surface area contributed by atoms with Gasteiger partial charge in [-0.1, -0.05) is 11.6 Å². The van der Waals surface area contributed by atoms with E-state index in [9.17, 15) is 4.39 Å². The van der Waals surface area contributed by atoms with Crippen LogP contribution >= 0.6 is 11.6 Å². The van der Waals surface area contributed by atoms with E-state index in [1.165, 1.54) is 6.07 Å². The van der Waals surface area contributed by atoms with Crippen molar-refractivity contribution < 1.29 is 4.39 Å². The van der Waals surface area contributed by atoms with Crippen molar-refractivity contribution in [3.8, 4) is 0 Å². The molecule has 4 rings (SSSR count). The van der Waals surface area contributed by atoms with Crippen LogP contribution < -0.4 is 10.2 Å². The molecule has 2 heterocycles. The molecule has 4 nitrogen and oxygen atoms in total. The van der Waals surface area contributed by atoms with Gasteiger partial charge >= 0.3 is 0 Å². The SMILES string of the molecule is Cn1ncc2cc(N(c3ccc(F)c(Cl)c3)[C@H]3CCNC3)ccc21. The van der Waals surface area contributed by atoms with Gasteiger partial charge in [-0.2, -0.15) is 5.10 Å². The van der Waals surface area contributed by atoms with Crippen molar-refractivity contribution in [3.05, 3.63) is 53.4 Å². The zero-order valence-electron chi connectivity index (χ0n) is 13.3. The fourth-order valence-corrected chi connectivity index (χ4v) is 3.54. The molecule has 0 radical (unpaired) electrons. The predicted molar refractivity (Wildman–Crippen MR) is 95.5 cm³/mol. The molecule has 3 aromatic rings. The molecule has 1 N–H and O–H groups in total. The Morgan fingerprint density at radius 1 is 1.25 bits per heavy atom. The number of aryl methyl sites for hydroxylation is 1. The van der Waals surface area contributed by atoms with Crippen molar-refractivity contribution in [1.29, 1.82) is 0 Å². The minimum absolute atomic E-state index is 0.144. The average Bonchev–Trinajstić information content (AvgIpc) is 3.22. The molecule has 1 atom stereocenters. The minimum atomic E-state index is -0.396. The summed E-state index contributed by atoms with van der Waals surface area (Å²) in [4.78, 5) is 2.23. The zero-order chi connectivity index (χ0) is 16.7. The third kappa shape index (κ3) is 2.64. The van der Waals surface area contributed by atoms with Gasteiger partial charge in [-0.15, -0.1) is 0 Å². The van der Waals surface area contributed by atoms with Gasteiger partial charge in [-0.25, -0.2) is 4.39 Å². The van der Waals surface area contributed by atoms with Crippen LogP contribution in [0.25, 0.3) is 10.9 Å². The molecule has 0 spiro atoms. The topological polar surface area (TPSA) is 33.1 Å². The lowest BCUT2D eigenvalue weighted by molar-refractivity contribution is 0.627. The third-order valence-electron chi connectivity index (χ3n) is 4.59. The Labute approximate surface area is 144 Å². The number of nitrogens with zero attached hydrogens (tertiary/aromatic N) is 3. The third-order valence-corrected chi connectivity index (χ3v) is 4.88. The van der Waals surface area contributed by atoms with Crippen molar-refractivity contribution in [2.75, 3.05) is 18.0 Å². The van der Waals surface area contributed by atoms with E-state index in [0.29, 0.717) is 6.04 Å². The van der Waals surface area contributed by atoms with Gasteiger partial charge in [0, 0.05) is 36.4 Å². The summed E-state index contributed by atoms with van der Waals surface area (Å²) in [5, 5.41) is 8.93. The first kappa shape index (κ1) is 15.4. The molecule has 1 aliphatic heterocycles. The molecule has 0 amide bonds. The number of nitrogens with one attached hydrogen (secondary N) is 1. The lowest BCUT2D eigenvalue weighted by Gasteiger charge is -2.31. The maximum absolute atomic E-state index is 13.6. The summed E-state index contributed by atoms with van der Waals surface area (Å²) < 4.78 is 15.4. The highest BCUT2D eigenvalue weighted by Gasteiger charge is 2.25. The van der Waals surface area contributed by atoms with Crippen LogP contribution in [0.2, 0.25) is 5.02 Å². The van der Waals surface area contributed by atoms with E-state index in [0.717, 1.165) is 41.8 Å². The van der Waals surface area contributed by atoms with Crippen LogP contribution in [-0.4, -0.2) is 28.9 Å². The number of anilines is 2. The molecule has 24 heavy (non-hydrogen) atoms. The number of aromatic nitrogens is 2. The predicted octanol–water partition coefficient (Wildman–Crippen LogP) is 3.87. The molecular weight excluding hydrogens is 327 g/mol. The lowest BCUT2D eigenvalue weighted by atomic mass is 10.1. The number of hydrogen-bond donors (Lipinski definition) is 1. The molecule has 1 fully saturated rings. The van der Waals surface area contributed by atoms with E-state index in [1.807, 2.05) is 17.9 Å². The second kappa shape index (κ2) is 6.07. The van der Waals surface area contributed by atoms with Crippen LogP contribution in [0.1, 0.15) is 6.42 Å². The van der Waals surface area contributed by atoms with Gasteiger partial charge in [-0.3, -0.25) is 4.68 Å². The van der Waals surface area contributed by atoms with Crippen LogP contribution in [-0.2, 0) is 7.05 Å². The Bertz CT molecular complexity index is 886. The quantitative estimate of drug-likeness (QED) is 0.783. The summed E-state index contributed by atoms with van der Waals surface area (Å²) in [5.74, 6) is -0.396.